The van der Waals surface area contributed by atoms with E-state index >= 15 is 0 Å². The third-order valence-corrected chi connectivity index (χ3v) is 3.08. The van der Waals surface area contributed by atoms with Gasteiger partial charge in [0.05, 0.1) is 5.69 Å². The zero-order valence-corrected chi connectivity index (χ0v) is 11.2. The second-order valence-corrected chi connectivity index (χ2v) is 4.41. The Balaban J connectivity index is 1.83. The van der Waals surface area contributed by atoms with Crippen molar-refractivity contribution in [3.05, 3.63) is 60.6 Å². The molecule has 1 aromatic carbocycles. The lowest BCUT2D eigenvalue weighted by molar-refractivity contribution is 0.304. The van der Waals surface area contributed by atoms with Gasteiger partial charge in [-0.2, -0.15) is 0 Å². The Morgan fingerprint density at radius 1 is 1.05 bits per heavy atom. The van der Waals surface area contributed by atoms with Gasteiger partial charge in [0.1, 0.15) is 17.9 Å². The van der Waals surface area contributed by atoms with Crippen LogP contribution in [0.5, 0.6) is 5.75 Å². The molecule has 0 saturated heterocycles. The average molecular weight is 265 g/mol. The molecule has 4 heteroatoms. The zero-order valence-electron chi connectivity index (χ0n) is 11.2. The maximum absolute atomic E-state index is 5.85. The summed E-state index contributed by atoms with van der Waals surface area (Å²) in [4.78, 5) is 8.67. The Morgan fingerprint density at radius 3 is 2.85 bits per heavy atom. The van der Waals surface area contributed by atoms with Crippen molar-refractivity contribution in [2.45, 2.75) is 6.61 Å². The monoisotopic (exact) mass is 265 g/mol. The molecule has 2 aromatic heterocycles. The van der Waals surface area contributed by atoms with Crippen molar-refractivity contribution in [2.75, 3.05) is 12.4 Å². The summed E-state index contributed by atoms with van der Waals surface area (Å²) in [6.07, 6.45) is 3.54. The van der Waals surface area contributed by atoms with E-state index in [0.717, 1.165) is 28.0 Å². The van der Waals surface area contributed by atoms with E-state index in [1.54, 1.807) is 12.4 Å². The first-order valence-electron chi connectivity index (χ1n) is 6.46. The summed E-state index contributed by atoms with van der Waals surface area (Å²) in [5.41, 5.74) is 2.78. The molecule has 3 rings (SSSR count). The number of nitrogens with zero attached hydrogens (tertiary/aromatic N) is 2. The van der Waals surface area contributed by atoms with Gasteiger partial charge >= 0.3 is 0 Å². The molecule has 0 atom stereocenters. The number of aromatic nitrogens is 2. The summed E-state index contributed by atoms with van der Waals surface area (Å²) >= 11 is 0. The first kappa shape index (κ1) is 12.4. The predicted octanol–water partition coefficient (Wildman–Crippen LogP) is 3.25. The highest BCUT2D eigenvalue weighted by molar-refractivity contribution is 5.84. The van der Waals surface area contributed by atoms with E-state index in [-0.39, 0.29) is 0 Å². The van der Waals surface area contributed by atoms with Crippen LogP contribution < -0.4 is 10.1 Å². The molecule has 20 heavy (non-hydrogen) atoms. The molecule has 0 aliphatic heterocycles. The molecule has 0 unspecified atom stereocenters. The van der Waals surface area contributed by atoms with Gasteiger partial charge < -0.3 is 10.1 Å². The van der Waals surface area contributed by atoms with Gasteiger partial charge in [-0.15, -0.1) is 0 Å². The normalized spacial score (nSPS) is 10.4. The summed E-state index contributed by atoms with van der Waals surface area (Å²) < 4.78 is 5.85. The van der Waals surface area contributed by atoms with E-state index in [1.807, 2.05) is 49.5 Å². The lowest BCUT2D eigenvalue weighted by Gasteiger charge is -2.09. The molecule has 0 radical (unpaired) electrons. The Bertz CT molecular complexity index is 722. The van der Waals surface area contributed by atoms with E-state index in [2.05, 4.69) is 15.3 Å². The molecule has 0 saturated carbocycles. The number of anilines is 1. The smallest absolute Gasteiger partial charge is 0.146 e. The van der Waals surface area contributed by atoms with Crippen LogP contribution in [0.1, 0.15) is 5.69 Å². The van der Waals surface area contributed by atoms with Gasteiger partial charge in [-0.05, 0) is 24.3 Å². The summed E-state index contributed by atoms with van der Waals surface area (Å²) in [5.74, 6) is 0.778. The summed E-state index contributed by atoms with van der Waals surface area (Å²) in [6.45, 7) is 0.422. The Kier molecular flexibility index (Phi) is 3.46. The molecular weight excluding hydrogens is 250 g/mol. The Hall–Kier alpha value is -2.62. The molecule has 3 aromatic rings. The van der Waals surface area contributed by atoms with Crippen LogP contribution >= 0.6 is 0 Å². The minimum Gasteiger partial charge on any atom is -0.485 e. The van der Waals surface area contributed by atoms with Crippen molar-refractivity contribution < 1.29 is 4.74 Å². The van der Waals surface area contributed by atoms with E-state index in [1.165, 1.54) is 0 Å². The van der Waals surface area contributed by atoms with Crippen LogP contribution in [0.25, 0.3) is 10.9 Å². The fourth-order valence-corrected chi connectivity index (χ4v) is 2.06. The first-order chi connectivity index (χ1) is 9.86. The number of nitrogens with one attached hydrogen (secondary N) is 1. The van der Waals surface area contributed by atoms with Crippen molar-refractivity contribution in [3.63, 3.8) is 0 Å². The van der Waals surface area contributed by atoms with Gasteiger partial charge in [0.15, 0.2) is 0 Å². The van der Waals surface area contributed by atoms with Gasteiger partial charge in [0, 0.05) is 30.5 Å². The van der Waals surface area contributed by atoms with Gasteiger partial charge in [-0.25, -0.2) is 0 Å². The fourth-order valence-electron chi connectivity index (χ4n) is 2.06. The molecule has 0 aliphatic carbocycles. The summed E-state index contributed by atoms with van der Waals surface area (Å²) in [5, 5.41) is 4.16. The fraction of sp³-hybridized carbons (Fsp3) is 0.125. The second-order valence-electron chi connectivity index (χ2n) is 4.41. The van der Waals surface area contributed by atoms with Crippen LogP contribution in [0, 0.1) is 0 Å². The van der Waals surface area contributed by atoms with Crippen molar-refractivity contribution in [1.29, 1.82) is 0 Å². The third-order valence-electron chi connectivity index (χ3n) is 3.08. The molecule has 0 aliphatic rings. The van der Waals surface area contributed by atoms with Gasteiger partial charge in [-0.3, -0.25) is 9.97 Å². The largest absolute Gasteiger partial charge is 0.485 e. The van der Waals surface area contributed by atoms with Crippen LogP contribution in [0.4, 0.5) is 5.69 Å². The molecule has 4 nitrogen and oxygen atoms in total. The van der Waals surface area contributed by atoms with Gasteiger partial charge in [0.2, 0.25) is 0 Å². The van der Waals surface area contributed by atoms with Crippen LogP contribution in [0.15, 0.2) is 54.9 Å². The van der Waals surface area contributed by atoms with Crippen LogP contribution in [0.2, 0.25) is 0 Å². The first-order valence-corrected chi connectivity index (χ1v) is 6.46. The molecule has 1 N–H and O–H groups in total. The minimum atomic E-state index is 0.422. The van der Waals surface area contributed by atoms with E-state index in [9.17, 15) is 0 Å². The van der Waals surface area contributed by atoms with Crippen molar-refractivity contribution in [1.82, 2.24) is 9.97 Å². The molecule has 100 valence electrons. The summed E-state index contributed by atoms with van der Waals surface area (Å²) in [7, 11) is 1.88. The lowest BCUT2D eigenvalue weighted by atomic mass is 10.2. The highest BCUT2D eigenvalue weighted by atomic mass is 16.5. The quantitative estimate of drug-likeness (QED) is 0.786. The predicted molar refractivity (Wildman–Crippen MR) is 79.9 cm³/mol. The Labute approximate surface area is 117 Å². The number of pyridine rings is 2. The molecule has 0 amide bonds. The van der Waals surface area contributed by atoms with E-state index < -0.39 is 0 Å². The number of hydrogen-bond donors (Lipinski definition) is 1. The van der Waals surface area contributed by atoms with Crippen molar-refractivity contribution >= 4 is 16.6 Å². The molecule has 0 fully saturated rings. The molecule has 0 bridgehead atoms. The number of ether oxygens (including phenoxy) is 1. The number of rotatable bonds is 4. The van der Waals surface area contributed by atoms with Gasteiger partial charge in [0.25, 0.3) is 0 Å². The van der Waals surface area contributed by atoms with Crippen molar-refractivity contribution in [2.24, 2.45) is 0 Å². The molecule has 2 heterocycles. The average Bonchev–Trinajstić information content (AvgIpc) is 2.53. The molecule has 0 spiro atoms. The minimum absolute atomic E-state index is 0.422. The maximum Gasteiger partial charge on any atom is 0.146 e. The Morgan fingerprint density at radius 2 is 1.95 bits per heavy atom. The molecular formula is C16H15N3O. The van der Waals surface area contributed by atoms with Crippen LogP contribution in [0.3, 0.4) is 0 Å². The SMILES string of the molecule is CNc1ccnc(COc2cccc3cccnc23)c1. The van der Waals surface area contributed by atoms with Crippen LogP contribution in [-0.2, 0) is 6.61 Å². The van der Waals surface area contributed by atoms with E-state index in [0.29, 0.717) is 6.61 Å². The number of benzene rings is 1. The number of fused-ring (bicyclic) bond motifs is 1. The standard InChI is InChI=1S/C16H15N3O/c1-17-13-7-9-18-14(10-13)11-20-15-6-2-4-12-5-3-8-19-16(12)15/h2-10H,11H2,1H3,(H,17,18). The highest BCUT2D eigenvalue weighted by Gasteiger charge is 2.04. The highest BCUT2D eigenvalue weighted by Crippen LogP contribution is 2.23. The zero-order chi connectivity index (χ0) is 13.8. The van der Waals surface area contributed by atoms with Crippen LogP contribution in [-0.4, -0.2) is 17.0 Å². The number of hydrogen-bond acceptors (Lipinski definition) is 4. The van der Waals surface area contributed by atoms with E-state index in [4.69, 9.17) is 4.74 Å². The third kappa shape index (κ3) is 2.54. The summed E-state index contributed by atoms with van der Waals surface area (Å²) in [6, 6.07) is 13.8. The topological polar surface area (TPSA) is 47.0 Å². The lowest BCUT2D eigenvalue weighted by Crippen LogP contribution is -2.00. The second kappa shape index (κ2) is 5.57. The van der Waals surface area contributed by atoms with Crippen molar-refractivity contribution in [3.8, 4) is 5.75 Å². The maximum atomic E-state index is 5.85. The number of para-hydroxylation sites is 1. The van der Waals surface area contributed by atoms with Gasteiger partial charge in [-0.1, -0.05) is 18.2 Å².